The minimum atomic E-state index is -4.92. The Morgan fingerprint density at radius 2 is 1.56 bits per heavy atom. The van der Waals surface area contributed by atoms with Gasteiger partial charge < -0.3 is 10.2 Å². The zero-order chi connectivity index (χ0) is 22.8. The van der Waals surface area contributed by atoms with E-state index in [1.165, 1.54) is 11.9 Å². The number of alkyl halides is 6. The second-order valence-electron chi connectivity index (χ2n) is 7.72. The molecule has 10 heteroatoms. The Hall–Kier alpha value is -2.26. The summed E-state index contributed by atoms with van der Waals surface area (Å²) in [6.45, 7) is 0.822. The molecular weight excluding hydrogens is 458 g/mol. The van der Waals surface area contributed by atoms with Gasteiger partial charge in [0, 0.05) is 32.0 Å². The quantitative estimate of drug-likeness (QED) is 0.586. The lowest BCUT2D eigenvalue weighted by Crippen LogP contribution is -2.43. The number of carbonyl (C=O) groups is 1. The highest BCUT2D eigenvalue weighted by Crippen LogP contribution is 2.37. The first kappa shape index (κ1) is 26.0. The van der Waals surface area contributed by atoms with Crippen LogP contribution in [0.1, 0.15) is 34.6 Å². The van der Waals surface area contributed by atoms with Gasteiger partial charge >= 0.3 is 12.4 Å². The van der Waals surface area contributed by atoms with Crippen molar-refractivity contribution in [3.8, 4) is 0 Å². The van der Waals surface area contributed by atoms with Gasteiger partial charge in [0.05, 0.1) is 11.1 Å². The van der Waals surface area contributed by atoms with Crippen LogP contribution in [0.2, 0.25) is 0 Å². The van der Waals surface area contributed by atoms with Gasteiger partial charge in [0.1, 0.15) is 0 Å². The average molecular weight is 481 g/mol. The average Bonchev–Trinajstić information content (AvgIpc) is 2.72. The van der Waals surface area contributed by atoms with Gasteiger partial charge in [0.2, 0.25) is 5.91 Å². The molecule has 0 saturated carbocycles. The van der Waals surface area contributed by atoms with E-state index < -0.39 is 29.4 Å². The fourth-order valence-electron chi connectivity index (χ4n) is 3.95. The number of piperidine rings is 1. The van der Waals surface area contributed by atoms with E-state index in [0.29, 0.717) is 31.6 Å². The third-order valence-corrected chi connectivity index (χ3v) is 5.47. The number of benzene rings is 2. The number of hydrogen-bond donors (Lipinski definition) is 1. The number of hydrogen-bond acceptors (Lipinski definition) is 2. The van der Waals surface area contributed by atoms with Crippen molar-refractivity contribution < 1.29 is 31.1 Å². The Kier molecular flexibility index (Phi) is 8.22. The minimum Gasteiger partial charge on any atom is -0.341 e. The first-order valence-corrected chi connectivity index (χ1v) is 9.76. The molecule has 2 aromatic carbocycles. The molecule has 0 spiro atoms. The summed E-state index contributed by atoms with van der Waals surface area (Å²) in [4.78, 5) is 14.3. The normalized spacial score (nSPS) is 19.2. The largest absolute Gasteiger partial charge is 0.416 e. The first-order valence-electron chi connectivity index (χ1n) is 9.76. The molecule has 0 radical (unpaired) electrons. The van der Waals surface area contributed by atoms with Crippen molar-refractivity contribution in [3.63, 3.8) is 0 Å². The number of rotatable bonds is 4. The third kappa shape index (κ3) is 6.16. The van der Waals surface area contributed by atoms with Crippen LogP contribution in [0.5, 0.6) is 0 Å². The maximum Gasteiger partial charge on any atom is 0.416 e. The summed E-state index contributed by atoms with van der Waals surface area (Å²) in [6, 6.07) is 10.8. The number of carbonyl (C=O) groups excluding carboxylic acids is 1. The molecule has 1 saturated heterocycles. The van der Waals surface area contributed by atoms with Crippen molar-refractivity contribution in [2.45, 2.75) is 31.2 Å². The lowest BCUT2D eigenvalue weighted by atomic mass is 9.80. The van der Waals surface area contributed by atoms with Crippen LogP contribution in [0.4, 0.5) is 26.3 Å². The van der Waals surface area contributed by atoms with E-state index in [-0.39, 0.29) is 42.4 Å². The topological polar surface area (TPSA) is 32.3 Å². The molecule has 0 bridgehead atoms. The van der Waals surface area contributed by atoms with Gasteiger partial charge in [-0.25, -0.2) is 0 Å². The van der Waals surface area contributed by atoms with Gasteiger partial charge in [-0.2, -0.15) is 26.3 Å². The highest BCUT2D eigenvalue weighted by molar-refractivity contribution is 5.85. The van der Waals surface area contributed by atoms with Crippen molar-refractivity contribution in [1.82, 2.24) is 10.2 Å². The molecule has 176 valence electrons. The van der Waals surface area contributed by atoms with Gasteiger partial charge in [0.15, 0.2) is 0 Å². The standard InChI is InChI=1S/C22H22F6N2O.ClH/c1-30(13-14-9-16(21(23,24)25)11-17(10-14)22(26,27)28)20(31)18-7-8-29-12-19(18)15-5-3-2-4-6-15;/h2-6,9-11,18-19,29H,7-8,12-13H2,1H3;1H/t18-,19-;/m0./s1. The Balaban J connectivity index is 0.00000363. The van der Waals surface area contributed by atoms with Crippen molar-refractivity contribution in [1.29, 1.82) is 0 Å². The molecule has 0 aromatic heterocycles. The summed E-state index contributed by atoms with van der Waals surface area (Å²) < 4.78 is 78.6. The molecule has 1 aliphatic heterocycles. The maximum absolute atomic E-state index is 13.1. The number of amides is 1. The molecule has 3 nitrogen and oxygen atoms in total. The number of nitrogens with zero attached hydrogens (tertiary/aromatic N) is 1. The van der Waals surface area contributed by atoms with E-state index in [0.717, 1.165) is 5.56 Å². The van der Waals surface area contributed by atoms with Crippen LogP contribution < -0.4 is 5.32 Å². The summed E-state index contributed by atoms with van der Waals surface area (Å²) in [6.07, 6.45) is -9.32. The highest BCUT2D eigenvalue weighted by atomic mass is 35.5. The van der Waals surface area contributed by atoms with Crippen molar-refractivity contribution in [3.05, 3.63) is 70.8 Å². The van der Waals surface area contributed by atoms with E-state index >= 15 is 0 Å². The minimum absolute atomic E-state index is 0. The lowest BCUT2D eigenvalue weighted by Gasteiger charge is -2.34. The Bertz CT molecular complexity index is 885. The Morgan fingerprint density at radius 1 is 1.00 bits per heavy atom. The highest BCUT2D eigenvalue weighted by Gasteiger charge is 2.38. The van der Waals surface area contributed by atoms with Gasteiger partial charge in [-0.3, -0.25) is 4.79 Å². The van der Waals surface area contributed by atoms with Crippen molar-refractivity contribution >= 4 is 18.3 Å². The van der Waals surface area contributed by atoms with E-state index in [1.54, 1.807) is 0 Å². The van der Waals surface area contributed by atoms with Crippen LogP contribution >= 0.6 is 12.4 Å². The van der Waals surface area contributed by atoms with E-state index in [1.807, 2.05) is 30.3 Å². The number of nitrogens with one attached hydrogen (secondary N) is 1. The first-order chi connectivity index (χ1) is 14.5. The maximum atomic E-state index is 13.1. The van der Waals surface area contributed by atoms with Gasteiger partial charge in [0.25, 0.3) is 0 Å². The van der Waals surface area contributed by atoms with E-state index in [2.05, 4.69) is 5.32 Å². The van der Waals surface area contributed by atoms with Crippen LogP contribution in [0.3, 0.4) is 0 Å². The van der Waals surface area contributed by atoms with Gasteiger partial charge in [-0.05, 0) is 42.3 Å². The third-order valence-electron chi connectivity index (χ3n) is 5.47. The Labute approximate surface area is 188 Å². The van der Waals surface area contributed by atoms with Crippen LogP contribution in [0.15, 0.2) is 48.5 Å². The molecule has 2 atom stereocenters. The van der Waals surface area contributed by atoms with Crippen LogP contribution in [-0.2, 0) is 23.7 Å². The van der Waals surface area contributed by atoms with Crippen LogP contribution in [0.25, 0.3) is 0 Å². The predicted octanol–water partition coefficient (Wildman–Crippen LogP) is 5.50. The SMILES string of the molecule is CN(Cc1cc(C(F)(F)F)cc(C(F)(F)F)c1)C(=O)[C@H]1CCNC[C@H]1c1ccccc1.Cl. The molecule has 0 unspecified atom stereocenters. The monoisotopic (exact) mass is 480 g/mol. The van der Waals surface area contributed by atoms with Crippen molar-refractivity contribution in [2.75, 3.05) is 20.1 Å². The van der Waals surface area contributed by atoms with Crippen molar-refractivity contribution in [2.24, 2.45) is 5.92 Å². The van der Waals surface area contributed by atoms with E-state index in [9.17, 15) is 31.1 Å². The van der Waals surface area contributed by atoms with E-state index in [4.69, 9.17) is 0 Å². The second-order valence-corrected chi connectivity index (χ2v) is 7.72. The second kappa shape index (κ2) is 10.1. The van der Waals surface area contributed by atoms with Gasteiger partial charge in [-0.1, -0.05) is 30.3 Å². The molecule has 3 rings (SSSR count). The summed E-state index contributed by atoms with van der Waals surface area (Å²) in [5.74, 6) is -0.847. The molecule has 0 aliphatic carbocycles. The fraction of sp³-hybridized carbons (Fsp3) is 0.409. The summed E-state index contributed by atoms with van der Waals surface area (Å²) in [5.41, 5.74) is -2.03. The Morgan fingerprint density at radius 3 is 2.09 bits per heavy atom. The summed E-state index contributed by atoms with van der Waals surface area (Å²) in [7, 11) is 1.40. The predicted molar refractivity (Wildman–Crippen MR) is 110 cm³/mol. The molecule has 1 aliphatic rings. The zero-order valence-corrected chi connectivity index (χ0v) is 17.9. The zero-order valence-electron chi connectivity index (χ0n) is 17.1. The fourth-order valence-corrected chi connectivity index (χ4v) is 3.95. The molecular formula is C22H23ClF6N2O. The molecule has 1 N–H and O–H groups in total. The van der Waals surface area contributed by atoms with Crippen LogP contribution in [0, 0.1) is 5.92 Å². The summed E-state index contributed by atoms with van der Waals surface area (Å²) in [5, 5.41) is 3.23. The molecule has 32 heavy (non-hydrogen) atoms. The molecule has 2 aromatic rings. The van der Waals surface area contributed by atoms with Gasteiger partial charge in [-0.15, -0.1) is 12.4 Å². The molecule has 1 fully saturated rings. The number of halogens is 7. The summed E-state index contributed by atoms with van der Waals surface area (Å²) >= 11 is 0. The molecule has 1 heterocycles. The molecule has 1 amide bonds. The smallest absolute Gasteiger partial charge is 0.341 e. The lowest BCUT2D eigenvalue weighted by molar-refractivity contribution is -0.143. The van der Waals surface area contributed by atoms with Crippen LogP contribution in [-0.4, -0.2) is 30.9 Å².